The third-order valence-electron chi connectivity index (χ3n) is 0.532. The van der Waals surface area contributed by atoms with Crippen LogP contribution in [0.4, 0.5) is 0 Å². The number of aliphatic carboxylic acids is 1. The summed E-state index contributed by atoms with van der Waals surface area (Å²) in [6, 6.07) is 0. The van der Waals surface area contributed by atoms with E-state index in [0.29, 0.717) is 12.3 Å². The maximum atomic E-state index is 10.1. The van der Waals surface area contributed by atoms with Crippen molar-refractivity contribution in [3.8, 4) is 0 Å². The van der Waals surface area contributed by atoms with Crippen LogP contribution in [-0.4, -0.2) is 23.1 Å². The molecule has 0 saturated carbocycles. The van der Waals surface area contributed by atoms with Gasteiger partial charge in [-0.15, -0.1) is 0 Å². The lowest BCUT2D eigenvalue weighted by Crippen LogP contribution is -1.94. The fraction of sp³-hybridized carbons (Fsp3) is 0. The number of carboxylic acids is 1. The molecule has 0 aromatic carbocycles. The largest absolute Gasteiger partial charge is 0.478 e. The van der Waals surface area contributed by atoms with Gasteiger partial charge in [-0.3, -0.25) is 4.79 Å². The molecule has 0 aliphatic heterocycles. The van der Waals surface area contributed by atoms with Crippen molar-refractivity contribution in [3.05, 3.63) is 12.2 Å². The van der Waals surface area contributed by atoms with Crippen molar-refractivity contribution >= 4 is 18.0 Å². The summed E-state index contributed by atoms with van der Waals surface area (Å²) < 4.78 is 0. The molecular weight excluding hydrogens is 122 g/mol. The Morgan fingerprint density at radius 3 is 2.22 bits per heavy atom. The molecule has 0 rings (SSSR count). The van der Waals surface area contributed by atoms with Crippen molar-refractivity contribution in [2.45, 2.75) is 0 Å². The molecule has 0 aromatic heterocycles. The monoisotopic (exact) mass is 127 g/mol. The highest BCUT2D eigenvalue weighted by Crippen LogP contribution is 1.72. The SMILES string of the molecule is N=CC(=O)/C=C\C(=O)O. The van der Waals surface area contributed by atoms with Gasteiger partial charge in [-0.25, -0.2) is 4.79 Å². The average Bonchev–Trinajstić information content (AvgIpc) is 1.83. The van der Waals surface area contributed by atoms with Crippen molar-refractivity contribution in [2.75, 3.05) is 0 Å². The van der Waals surface area contributed by atoms with Gasteiger partial charge in [0.2, 0.25) is 0 Å². The standard InChI is InChI=1S/C5H5NO3/c6-3-4(7)1-2-5(8)9/h1-3,6H,(H,8,9)/b2-1-,6-3?. The molecule has 4 heteroatoms. The van der Waals surface area contributed by atoms with Gasteiger partial charge in [0, 0.05) is 6.08 Å². The Bertz CT molecular complexity index is 171. The molecule has 0 radical (unpaired) electrons. The van der Waals surface area contributed by atoms with Gasteiger partial charge < -0.3 is 10.5 Å². The molecule has 0 bridgehead atoms. The highest BCUT2D eigenvalue weighted by atomic mass is 16.4. The van der Waals surface area contributed by atoms with E-state index in [4.69, 9.17) is 10.5 Å². The van der Waals surface area contributed by atoms with Gasteiger partial charge in [0.25, 0.3) is 0 Å². The van der Waals surface area contributed by atoms with Crippen molar-refractivity contribution in [1.29, 1.82) is 5.41 Å². The molecule has 4 nitrogen and oxygen atoms in total. The zero-order valence-electron chi connectivity index (χ0n) is 4.50. The highest BCUT2D eigenvalue weighted by Gasteiger charge is 1.89. The topological polar surface area (TPSA) is 78.2 Å². The first kappa shape index (κ1) is 7.55. The number of hydrogen-bond acceptors (Lipinski definition) is 3. The maximum absolute atomic E-state index is 10.1. The summed E-state index contributed by atoms with van der Waals surface area (Å²) >= 11 is 0. The van der Waals surface area contributed by atoms with Crippen LogP contribution in [-0.2, 0) is 9.59 Å². The zero-order chi connectivity index (χ0) is 7.28. The first-order valence-electron chi connectivity index (χ1n) is 2.12. The van der Waals surface area contributed by atoms with E-state index in [-0.39, 0.29) is 0 Å². The van der Waals surface area contributed by atoms with Crippen molar-refractivity contribution in [3.63, 3.8) is 0 Å². The molecule has 0 fully saturated rings. The van der Waals surface area contributed by atoms with Gasteiger partial charge in [-0.1, -0.05) is 0 Å². The molecule has 0 atom stereocenters. The van der Waals surface area contributed by atoms with Crippen LogP contribution in [0.3, 0.4) is 0 Å². The van der Waals surface area contributed by atoms with E-state index in [0.717, 1.165) is 6.08 Å². The molecule has 0 heterocycles. The first-order valence-corrected chi connectivity index (χ1v) is 2.12. The van der Waals surface area contributed by atoms with Crippen LogP contribution in [0.2, 0.25) is 0 Å². The van der Waals surface area contributed by atoms with Gasteiger partial charge in [0.05, 0.1) is 6.21 Å². The number of hydrogen-bond donors (Lipinski definition) is 2. The van der Waals surface area contributed by atoms with Gasteiger partial charge in [-0.2, -0.15) is 0 Å². The van der Waals surface area contributed by atoms with Crippen LogP contribution in [0.15, 0.2) is 12.2 Å². The van der Waals surface area contributed by atoms with E-state index in [1.807, 2.05) is 0 Å². The van der Waals surface area contributed by atoms with E-state index < -0.39 is 11.8 Å². The minimum Gasteiger partial charge on any atom is -0.478 e. The van der Waals surface area contributed by atoms with Crippen LogP contribution in [0, 0.1) is 5.41 Å². The van der Waals surface area contributed by atoms with Gasteiger partial charge in [-0.05, 0) is 6.08 Å². The van der Waals surface area contributed by atoms with Gasteiger partial charge in [0.1, 0.15) is 0 Å². The number of rotatable bonds is 3. The fourth-order valence-corrected chi connectivity index (χ4v) is 0.202. The second-order valence-corrected chi connectivity index (χ2v) is 1.22. The second-order valence-electron chi connectivity index (χ2n) is 1.22. The molecule has 0 amide bonds. The number of ketones is 1. The van der Waals surface area contributed by atoms with E-state index in [2.05, 4.69) is 0 Å². The number of carbonyl (C=O) groups is 2. The Morgan fingerprint density at radius 2 is 1.89 bits per heavy atom. The Morgan fingerprint density at radius 1 is 1.33 bits per heavy atom. The predicted molar refractivity (Wildman–Crippen MR) is 30.6 cm³/mol. The smallest absolute Gasteiger partial charge is 0.328 e. The molecule has 9 heavy (non-hydrogen) atoms. The Labute approximate surface area is 51.3 Å². The van der Waals surface area contributed by atoms with Crippen LogP contribution in [0.25, 0.3) is 0 Å². The Balaban J connectivity index is 3.85. The molecule has 48 valence electrons. The summed E-state index contributed by atoms with van der Waals surface area (Å²) in [5, 5.41) is 14.3. The third-order valence-corrected chi connectivity index (χ3v) is 0.532. The number of nitrogens with one attached hydrogen (secondary N) is 1. The van der Waals surface area contributed by atoms with E-state index in [9.17, 15) is 9.59 Å². The fourth-order valence-electron chi connectivity index (χ4n) is 0.202. The minimum atomic E-state index is -1.19. The Hall–Kier alpha value is -1.45. The molecule has 0 aliphatic carbocycles. The predicted octanol–water partition coefficient (Wildman–Crippen LogP) is -0.154. The lowest BCUT2D eigenvalue weighted by molar-refractivity contribution is -0.131. The normalized spacial score (nSPS) is 9.33. The summed E-state index contributed by atoms with van der Waals surface area (Å²) in [5.41, 5.74) is 0. The molecular formula is C5H5NO3. The molecule has 2 N–H and O–H groups in total. The van der Waals surface area contributed by atoms with Gasteiger partial charge >= 0.3 is 5.97 Å². The van der Waals surface area contributed by atoms with Crippen molar-refractivity contribution < 1.29 is 14.7 Å². The molecule has 0 spiro atoms. The number of carbonyl (C=O) groups excluding carboxylic acids is 1. The Kier molecular flexibility index (Phi) is 2.97. The molecule has 0 aliphatic rings. The number of carboxylic acid groups (broad SMARTS) is 1. The van der Waals surface area contributed by atoms with Crippen molar-refractivity contribution in [2.24, 2.45) is 0 Å². The lowest BCUT2D eigenvalue weighted by Gasteiger charge is -1.75. The van der Waals surface area contributed by atoms with Crippen LogP contribution in [0.1, 0.15) is 0 Å². The summed E-state index contributed by atoms with van der Waals surface area (Å²) in [6.07, 6.45) is 2.04. The van der Waals surface area contributed by atoms with Gasteiger partial charge in [0.15, 0.2) is 5.78 Å². The first-order chi connectivity index (χ1) is 4.16. The number of allylic oxidation sites excluding steroid dienone is 1. The lowest BCUT2D eigenvalue weighted by atomic mass is 10.4. The zero-order valence-corrected chi connectivity index (χ0v) is 4.50. The van der Waals surface area contributed by atoms with E-state index in [1.165, 1.54) is 0 Å². The van der Waals surface area contributed by atoms with Crippen LogP contribution in [0.5, 0.6) is 0 Å². The van der Waals surface area contributed by atoms with Crippen LogP contribution >= 0.6 is 0 Å². The quantitative estimate of drug-likeness (QED) is 0.408. The third kappa shape index (κ3) is 4.40. The molecule has 0 saturated heterocycles. The summed E-state index contributed by atoms with van der Waals surface area (Å²) in [5.74, 6) is -1.82. The summed E-state index contributed by atoms with van der Waals surface area (Å²) in [7, 11) is 0. The van der Waals surface area contributed by atoms with E-state index in [1.54, 1.807) is 0 Å². The van der Waals surface area contributed by atoms with E-state index >= 15 is 0 Å². The average molecular weight is 127 g/mol. The van der Waals surface area contributed by atoms with Crippen molar-refractivity contribution in [1.82, 2.24) is 0 Å². The highest BCUT2D eigenvalue weighted by molar-refractivity contribution is 6.32. The van der Waals surface area contributed by atoms with Crippen LogP contribution < -0.4 is 0 Å². The minimum absolute atomic E-state index is 0.541. The summed E-state index contributed by atoms with van der Waals surface area (Å²) in [4.78, 5) is 19.8. The maximum Gasteiger partial charge on any atom is 0.328 e. The second kappa shape index (κ2) is 3.54. The molecule has 0 unspecified atom stereocenters. The summed E-state index contributed by atoms with van der Waals surface area (Å²) in [6.45, 7) is 0. The molecule has 0 aromatic rings.